The van der Waals surface area contributed by atoms with Crippen LogP contribution >= 0.6 is 22.6 Å². The van der Waals surface area contributed by atoms with Gasteiger partial charge < -0.3 is 18.6 Å². The Kier molecular flexibility index (Phi) is 7.45. The SMILES string of the molecule is C=CCOc1c(I)cc(C=Nn2c(-c3cc4c(OC)cccc4o3)nc3ccccc3c2=O)cc1OCC. The number of halogens is 1. The van der Waals surface area contributed by atoms with Gasteiger partial charge in [0.1, 0.15) is 17.9 Å². The molecule has 9 heteroatoms. The van der Waals surface area contributed by atoms with Crippen molar-refractivity contribution >= 4 is 50.7 Å². The number of hydrogen-bond donors (Lipinski definition) is 0. The first-order valence-corrected chi connectivity index (χ1v) is 12.9. The fraction of sp³-hybridized carbons (Fsp3) is 0.138. The van der Waals surface area contributed by atoms with Crippen LogP contribution in [0.25, 0.3) is 33.5 Å². The van der Waals surface area contributed by atoms with Crippen LogP contribution in [0.15, 0.2) is 87.6 Å². The molecule has 0 saturated heterocycles. The summed E-state index contributed by atoms with van der Waals surface area (Å²) in [6.07, 6.45) is 3.27. The summed E-state index contributed by atoms with van der Waals surface area (Å²) in [5.41, 5.74) is 1.56. The minimum absolute atomic E-state index is 0.272. The monoisotopic (exact) mass is 621 g/mol. The highest BCUT2D eigenvalue weighted by molar-refractivity contribution is 14.1. The number of aromatic nitrogens is 2. The molecule has 0 fully saturated rings. The number of hydrogen-bond acceptors (Lipinski definition) is 7. The van der Waals surface area contributed by atoms with E-state index < -0.39 is 0 Å². The molecule has 0 unspecified atom stereocenters. The van der Waals surface area contributed by atoms with Crippen LogP contribution in [0.2, 0.25) is 0 Å². The van der Waals surface area contributed by atoms with Gasteiger partial charge in [-0.3, -0.25) is 4.79 Å². The topological polar surface area (TPSA) is 88.1 Å². The maximum Gasteiger partial charge on any atom is 0.282 e. The van der Waals surface area contributed by atoms with E-state index in [1.807, 2.05) is 43.3 Å². The van der Waals surface area contributed by atoms with Crippen LogP contribution < -0.4 is 19.8 Å². The number of benzene rings is 3. The van der Waals surface area contributed by atoms with E-state index in [0.717, 1.165) is 14.5 Å². The molecule has 8 nitrogen and oxygen atoms in total. The lowest BCUT2D eigenvalue weighted by atomic mass is 10.2. The maximum absolute atomic E-state index is 13.6. The molecule has 0 aliphatic carbocycles. The van der Waals surface area contributed by atoms with E-state index in [9.17, 15) is 4.79 Å². The van der Waals surface area contributed by atoms with Crippen LogP contribution in [0.1, 0.15) is 12.5 Å². The Bertz CT molecular complexity index is 1740. The molecule has 0 radical (unpaired) electrons. The largest absolute Gasteiger partial charge is 0.496 e. The summed E-state index contributed by atoms with van der Waals surface area (Å²) in [4.78, 5) is 18.3. The Morgan fingerprint density at radius 1 is 1.08 bits per heavy atom. The zero-order valence-corrected chi connectivity index (χ0v) is 23.0. The van der Waals surface area contributed by atoms with Gasteiger partial charge in [-0.05, 0) is 77.5 Å². The van der Waals surface area contributed by atoms with Gasteiger partial charge in [0.05, 0.1) is 39.8 Å². The molecule has 3 aromatic carbocycles. The third kappa shape index (κ3) is 4.89. The van der Waals surface area contributed by atoms with E-state index in [1.54, 1.807) is 43.7 Å². The third-order valence-electron chi connectivity index (χ3n) is 5.72. The number of ether oxygens (including phenoxy) is 3. The molecule has 0 aliphatic heterocycles. The first-order valence-electron chi connectivity index (χ1n) is 11.9. The first kappa shape index (κ1) is 25.5. The first-order chi connectivity index (χ1) is 18.5. The summed E-state index contributed by atoms with van der Waals surface area (Å²) in [6.45, 7) is 6.43. The Balaban J connectivity index is 1.66. The minimum atomic E-state index is -0.320. The van der Waals surface area contributed by atoms with Crippen LogP contribution in [0.5, 0.6) is 17.2 Å². The predicted molar refractivity (Wildman–Crippen MR) is 157 cm³/mol. The summed E-state index contributed by atoms with van der Waals surface area (Å²) in [7, 11) is 1.60. The van der Waals surface area contributed by atoms with Crippen LogP contribution in [0, 0.1) is 3.57 Å². The molecule has 5 rings (SSSR count). The predicted octanol–water partition coefficient (Wildman–Crippen LogP) is 6.27. The second-order valence-corrected chi connectivity index (χ2v) is 9.32. The lowest BCUT2D eigenvalue weighted by molar-refractivity contribution is 0.295. The Labute approximate surface area is 232 Å². The lowest BCUT2D eigenvalue weighted by Crippen LogP contribution is -2.20. The van der Waals surface area contributed by atoms with Gasteiger partial charge in [0, 0.05) is 0 Å². The standard InChI is InChI=1S/C29H24IN3O5/c1-4-13-37-27-21(30)14-18(15-25(27)36-5-2)17-31-33-28(32-22-10-7-6-9-19(22)29(33)34)26-16-20-23(35-3)11-8-12-24(20)38-26/h4,6-12,14-17H,1,5,13H2,2-3H3. The molecule has 0 atom stereocenters. The van der Waals surface area contributed by atoms with Crippen LogP contribution in [0.3, 0.4) is 0 Å². The Morgan fingerprint density at radius 2 is 1.92 bits per heavy atom. The molecular weight excluding hydrogens is 597 g/mol. The smallest absolute Gasteiger partial charge is 0.282 e. The van der Waals surface area contributed by atoms with Crippen LogP contribution in [-0.2, 0) is 0 Å². The summed E-state index contributed by atoms with van der Waals surface area (Å²) >= 11 is 2.19. The highest BCUT2D eigenvalue weighted by Gasteiger charge is 2.18. The van der Waals surface area contributed by atoms with Crippen LogP contribution in [0.4, 0.5) is 0 Å². The Morgan fingerprint density at radius 3 is 2.71 bits per heavy atom. The maximum atomic E-state index is 13.6. The number of furan rings is 1. The molecule has 192 valence electrons. The van der Waals surface area contributed by atoms with Gasteiger partial charge in [0.25, 0.3) is 5.56 Å². The molecule has 0 saturated carbocycles. The quantitative estimate of drug-likeness (QED) is 0.110. The molecule has 5 aromatic rings. The summed E-state index contributed by atoms with van der Waals surface area (Å²) in [5, 5.41) is 5.78. The van der Waals surface area contributed by atoms with Crippen molar-refractivity contribution in [3.05, 3.63) is 92.8 Å². The second kappa shape index (κ2) is 11.1. The number of nitrogens with zero attached hydrogens (tertiary/aromatic N) is 3. The fourth-order valence-corrected chi connectivity index (χ4v) is 4.83. The molecule has 0 bridgehead atoms. The van der Waals surface area contributed by atoms with Gasteiger partial charge in [0.2, 0.25) is 5.82 Å². The molecule has 0 N–H and O–H groups in total. The van der Waals surface area contributed by atoms with Gasteiger partial charge in [-0.15, -0.1) is 0 Å². The van der Waals surface area contributed by atoms with Gasteiger partial charge in [-0.2, -0.15) is 9.78 Å². The highest BCUT2D eigenvalue weighted by Crippen LogP contribution is 2.35. The molecule has 0 aliphatic rings. The van der Waals surface area contributed by atoms with E-state index in [4.69, 9.17) is 23.6 Å². The summed E-state index contributed by atoms with van der Waals surface area (Å²) in [6, 6.07) is 18.2. The van der Waals surface area contributed by atoms with Crippen molar-refractivity contribution in [2.75, 3.05) is 20.3 Å². The van der Waals surface area contributed by atoms with E-state index in [0.29, 0.717) is 52.7 Å². The molecule has 38 heavy (non-hydrogen) atoms. The summed E-state index contributed by atoms with van der Waals surface area (Å²) < 4.78 is 25.3. The van der Waals surface area contributed by atoms with E-state index in [2.05, 4.69) is 34.3 Å². The zero-order chi connectivity index (χ0) is 26.6. The van der Waals surface area contributed by atoms with E-state index in [1.165, 1.54) is 4.68 Å². The molecular formula is C29H24IN3O5. The van der Waals surface area contributed by atoms with Crippen molar-refractivity contribution in [3.8, 4) is 28.8 Å². The molecule has 0 amide bonds. The normalized spacial score (nSPS) is 11.3. The third-order valence-corrected chi connectivity index (χ3v) is 6.52. The number of fused-ring (bicyclic) bond motifs is 2. The summed E-state index contributed by atoms with van der Waals surface area (Å²) in [5.74, 6) is 2.53. The van der Waals surface area contributed by atoms with Crippen molar-refractivity contribution in [2.24, 2.45) is 5.10 Å². The number of para-hydroxylation sites is 1. The fourth-order valence-electron chi connectivity index (χ4n) is 4.04. The van der Waals surface area contributed by atoms with Crippen molar-refractivity contribution in [1.29, 1.82) is 0 Å². The van der Waals surface area contributed by atoms with E-state index >= 15 is 0 Å². The Hall–Kier alpha value is -4.12. The van der Waals surface area contributed by atoms with Crippen molar-refractivity contribution in [1.82, 2.24) is 9.66 Å². The highest BCUT2D eigenvalue weighted by atomic mass is 127. The molecule has 2 aromatic heterocycles. The zero-order valence-electron chi connectivity index (χ0n) is 20.8. The van der Waals surface area contributed by atoms with Gasteiger partial charge in [-0.1, -0.05) is 30.9 Å². The van der Waals surface area contributed by atoms with Crippen molar-refractivity contribution in [2.45, 2.75) is 6.92 Å². The molecule has 2 heterocycles. The van der Waals surface area contributed by atoms with Gasteiger partial charge in [0.15, 0.2) is 17.3 Å². The van der Waals surface area contributed by atoms with Crippen molar-refractivity contribution < 1.29 is 18.6 Å². The average molecular weight is 621 g/mol. The average Bonchev–Trinajstić information content (AvgIpc) is 3.37. The minimum Gasteiger partial charge on any atom is -0.496 e. The van der Waals surface area contributed by atoms with Gasteiger partial charge in [-0.25, -0.2) is 4.98 Å². The van der Waals surface area contributed by atoms with Crippen LogP contribution in [-0.4, -0.2) is 36.2 Å². The van der Waals surface area contributed by atoms with E-state index in [-0.39, 0.29) is 11.4 Å². The number of methoxy groups -OCH3 is 1. The number of rotatable bonds is 9. The van der Waals surface area contributed by atoms with Gasteiger partial charge >= 0.3 is 0 Å². The van der Waals surface area contributed by atoms with Crippen molar-refractivity contribution in [3.63, 3.8) is 0 Å². The lowest BCUT2D eigenvalue weighted by Gasteiger charge is -2.13. The second-order valence-electron chi connectivity index (χ2n) is 8.16. The molecule has 0 spiro atoms.